The Morgan fingerprint density at radius 1 is 1.56 bits per heavy atom. The molecule has 0 spiro atoms. The van der Waals surface area contributed by atoms with Gasteiger partial charge in [-0.25, -0.2) is 0 Å². The molecule has 2 unspecified atom stereocenters. The van der Waals surface area contributed by atoms with Gasteiger partial charge in [0.1, 0.15) is 0 Å². The third kappa shape index (κ3) is 2.98. The second-order valence-corrected chi connectivity index (χ2v) is 5.16. The summed E-state index contributed by atoms with van der Waals surface area (Å²) in [6, 6.07) is 0. The van der Waals surface area contributed by atoms with Crippen molar-refractivity contribution in [2.24, 2.45) is 0 Å². The van der Waals surface area contributed by atoms with E-state index in [1.807, 2.05) is 6.08 Å². The van der Waals surface area contributed by atoms with E-state index in [0.29, 0.717) is 5.66 Å². The van der Waals surface area contributed by atoms with Gasteiger partial charge in [-0.3, -0.25) is 4.67 Å². The van der Waals surface area contributed by atoms with Crippen molar-refractivity contribution in [3.8, 4) is 0 Å². The second-order valence-electron chi connectivity index (χ2n) is 2.40. The van der Waals surface area contributed by atoms with E-state index in [1.54, 1.807) is 0 Å². The number of allylic oxidation sites excluding steroid dienone is 1. The predicted octanol–water partition coefficient (Wildman–Crippen LogP) is 2.15. The van der Waals surface area contributed by atoms with Crippen molar-refractivity contribution in [3.63, 3.8) is 0 Å². The van der Waals surface area contributed by atoms with Crippen LogP contribution in [-0.4, -0.2) is 31.1 Å². The van der Waals surface area contributed by atoms with Crippen molar-refractivity contribution in [2.75, 3.05) is 20.8 Å². The second kappa shape index (κ2) is 4.03. The van der Waals surface area contributed by atoms with Crippen molar-refractivity contribution >= 4 is 8.07 Å². The average molecular weight is 145 g/mol. The Labute approximate surface area is 59.6 Å². The maximum absolute atomic E-state index is 3.75. The summed E-state index contributed by atoms with van der Waals surface area (Å²) in [5, 5.41) is 0. The number of hydrogen-bond acceptors (Lipinski definition) is 1. The van der Waals surface area contributed by atoms with Crippen LogP contribution in [0.3, 0.4) is 0 Å². The molecule has 54 valence electrons. The fourth-order valence-electron chi connectivity index (χ4n) is 0.517. The summed E-state index contributed by atoms with van der Waals surface area (Å²) in [4.78, 5) is 0. The first-order chi connectivity index (χ1) is 4.09. The maximum Gasteiger partial charge on any atom is 0.00692 e. The van der Waals surface area contributed by atoms with E-state index in [9.17, 15) is 0 Å². The Balaban J connectivity index is 3.71. The fourth-order valence-corrected chi connectivity index (χ4v) is 1.55. The summed E-state index contributed by atoms with van der Waals surface area (Å²) in [6.07, 6.45) is 2.02. The predicted molar refractivity (Wildman–Crippen MR) is 46.2 cm³/mol. The third-order valence-electron chi connectivity index (χ3n) is 1.56. The molecule has 0 saturated heterocycles. The largest absolute Gasteiger partial charge is 0.288 e. The van der Waals surface area contributed by atoms with Gasteiger partial charge in [0.25, 0.3) is 0 Å². The highest BCUT2D eigenvalue weighted by atomic mass is 31.1. The molecular weight excluding hydrogens is 129 g/mol. The van der Waals surface area contributed by atoms with Crippen LogP contribution in [0.2, 0.25) is 0 Å². The molecule has 0 heterocycles. The number of hydrogen-bond donors (Lipinski definition) is 0. The minimum Gasteiger partial charge on any atom is -0.288 e. The topological polar surface area (TPSA) is 3.24 Å². The van der Waals surface area contributed by atoms with E-state index < -0.39 is 0 Å². The van der Waals surface area contributed by atoms with Crippen LogP contribution in [0.4, 0.5) is 0 Å². The normalized spacial score (nSPS) is 17.4. The van der Waals surface area contributed by atoms with Gasteiger partial charge in [0.15, 0.2) is 0 Å². The van der Waals surface area contributed by atoms with Gasteiger partial charge in [0, 0.05) is 5.66 Å². The van der Waals surface area contributed by atoms with E-state index in [2.05, 4.69) is 38.9 Å². The van der Waals surface area contributed by atoms with Gasteiger partial charge < -0.3 is 0 Å². The maximum atomic E-state index is 3.75. The molecule has 0 amide bonds. The highest BCUT2D eigenvalue weighted by Crippen LogP contribution is 2.38. The lowest BCUT2D eigenvalue weighted by atomic mass is 10.5. The quantitative estimate of drug-likeness (QED) is 0.434. The Morgan fingerprint density at radius 2 is 2.00 bits per heavy atom. The smallest absolute Gasteiger partial charge is 0.00692 e. The van der Waals surface area contributed by atoms with Gasteiger partial charge in [-0.1, -0.05) is 13.0 Å². The van der Waals surface area contributed by atoms with Crippen molar-refractivity contribution < 1.29 is 0 Å². The Kier molecular flexibility index (Phi) is 4.09. The molecule has 0 N–H and O–H groups in total. The standard InChI is InChI=1S/C7H16NP/c1-6-7(2)9(5)8(3)4/h6-7H,1H2,2-5H3. The minimum atomic E-state index is 0.0144. The fraction of sp³-hybridized carbons (Fsp3) is 0.714. The first-order valence-electron chi connectivity index (χ1n) is 3.12. The average Bonchev–Trinajstić information content (AvgIpc) is 1.84. The van der Waals surface area contributed by atoms with Crippen LogP contribution in [-0.2, 0) is 0 Å². The molecule has 0 aliphatic rings. The highest BCUT2D eigenvalue weighted by molar-refractivity contribution is 7.55. The van der Waals surface area contributed by atoms with Crippen LogP contribution in [0.15, 0.2) is 12.7 Å². The molecule has 0 aromatic carbocycles. The van der Waals surface area contributed by atoms with Crippen LogP contribution in [0.1, 0.15) is 6.92 Å². The molecule has 0 aliphatic carbocycles. The van der Waals surface area contributed by atoms with E-state index in [0.717, 1.165) is 0 Å². The minimum absolute atomic E-state index is 0.0144. The molecule has 2 atom stereocenters. The number of nitrogens with zero attached hydrogens (tertiary/aromatic N) is 1. The van der Waals surface area contributed by atoms with Crippen molar-refractivity contribution in [1.29, 1.82) is 0 Å². The van der Waals surface area contributed by atoms with Crippen molar-refractivity contribution in [2.45, 2.75) is 12.6 Å². The molecule has 2 heteroatoms. The van der Waals surface area contributed by atoms with Crippen LogP contribution in [0, 0.1) is 0 Å². The first-order valence-corrected chi connectivity index (χ1v) is 4.93. The lowest BCUT2D eigenvalue weighted by molar-refractivity contribution is 0.673. The molecule has 0 aromatic heterocycles. The van der Waals surface area contributed by atoms with Gasteiger partial charge in [0.2, 0.25) is 0 Å². The summed E-state index contributed by atoms with van der Waals surface area (Å²) in [7, 11) is 4.25. The molecule has 1 nitrogen and oxygen atoms in total. The zero-order valence-corrected chi connectivity index (χ0v) is 7.65. The molecule has 0 aliphatic heterocycles. The summed E-state index contributed by atoms with van der Waals surface area (Å²) in [6.45, 7) is 8.23. The SMILES string of the molecule is C=CC(C)P(C)N(C)C. The van der Waals surface area contributed by atoms with Crippen molar-refractivity contribution in [1.82, 2.24) is 4.67 Å². The van der Waals surface area contributed by atoms with E-state index in [4.69, 9.17) is 0 Å². The molecule has 0 aromatic rings. The highest BCUT2D eigenvalue weighted by Gasteiger charge is 2.08. The summed E-state index contributed by atoms with van der Waals surface area (Å²) < 4.78 is 2.27. The lowest BCUT2D eigenvalue weighted by Crippen LogP contribution is -2.10. The molecule has 0 rings (SSSR count). The summed E-state index contributed by atoms with van der Waals surface area (Å²) in [5.41, 5.74) is 0.648. The first kappa shape index (κ1) is 9.13. The third-order valence-corrected chi connectivity index (χ3v) is 4.21. The molecule has 0 radical (unpaired) electrons. The van der Waals surface area contributed by atoms with Gasteiger partial charge in [-0.2, -0.15) is 0 Å². The van der Waals surface area contributed by atoms with Gasteiger partial charge in [-0.15, -0.1) is 6.58 Å². The van der Waals surface area contributed by atoms with Gasteiger partial charge in [-0.05, 0) is 28.8 Å². The zero-order valence-electron chi connectivity index (χ0n) is 6.76. The van der Waals surface area contributed by atoms with E-state index in [1.165, 1.54) is 0 Å². The summed E-state index contributed by atoms with van der Waals surface area (Å²) >= 11 is 0. The van der Waals surface area contributed by atoms with Crippen LogP contribution in [0.25, 0.3) is 0 Å². The molecule has 9 heavy (non-hydrogen) atoms. The zero-order chi connectivity index (χ0) is 7.44. The van der Waals surface area contributed by atoms with E-state index >= 15 is 0 Å². The Bertz CT molecular complexity index is 90.9. The van der Waals surface area contributed by atoms with Gasteiger partial charge >= 0.3 is 0 Å². The Morgan fingerprint density at radius 3 is 2.11 bits per heavy atom. The van der Waals surface area contributed by atoms with Gasteiger partial charge in [0.05, 0.1) is 0 Å². The molecule has 0 fully saturated rings. The number of rotatable bonds is 3. The Hall–Kier alpha value is 0.130. The summed E-state index contributed by atoms with van der Waals surface area (Å²) in [5.74, 6) is 0. The van der Waals surface area contributed by atoms with Crippen LogP contribution < -0.4 is 0 Å². The van der Waals surface area contributed by atoms with Crippen LogP contribution >= 0.6 is 8.07 Å². The lowest BCUT2D eigenvalue weighted by Gasteiger charge is -2.23. The van der Waals surface area contributed by atoms with Crippen LogP contribution in [0.5, 0.6) is 0 Å². The monoisotopic (exact) mass is 145 g/mol. The van der Waals surface area contributed by atoms with Crippen molar-refractivity contribution in [3.05, 3.63) is 12.7 Å². The molecule has 0 bridgehead atoms. The van der Waals surface area contributed by atoms with E-state index in [-0.39, 0.29) is 8.07 Å². The molecule has 0 saturated carbocycles. The molecular formula is C7H16NP.